The van der Waals surface area contributed by atoms with Crippen LogP contribution in [0.3, 0.4) is 0 Å². The highest BCUT2D eigenvalue weighted by molar-refractivity contribution is 6.04. The fourth-order valence-corrected chi connectivity index (χ4v) is 4.06. The van der Waals surface area contributed by atoms with Gasteiger partial charge in [-0.3, -0.25) is 19.3 Å². The van der Waals surface area contributed by atoms with Gasteiger partial charge >= 0.3 is 12.0 Å². The molecule has 1 aromatic rings. The van der Waals surface area contributed by atoms with Crippen molar-refractivity contribution in [2.75, 3.05) is 27.3 Å². The predicted molar refractivity (Wildman–Crippen MR) is 111 cm³/mol. The maximum Gasteiger partial charge on any atom is 0.325 e. The Kier molecular flexibility index (Phi) is 7.49. The zero-order chi connectivity index (χ0) is 22.4. The number of esters is 1. The Morgan fingerprint density at radius 3 is 2.52 bits per heavy atom. The molecule has 0 unspecified atom stereocenters. The third-order valence-corrected chi connectivity index (χ3v) is 5.93. The molecule has 168 valence electrons. The molecule has 2 aliphatic heterocycles. The number of nitrogens with zero attached hydrogens (tertiary/aromatic N) is 2. The fourth-order valence-electron chi connectivity index (χ4n) is 4.06. The number of benzene rings is 1. The van der Waals surface area contributed by atoms with Gasteiger partial charge in [0, 0.05) is 31.5 Å². The zero-order valence-corrected chi connectivity index (χ0v) is 18.0. The third kappa shape index (κ3) is 5.53. The normalized spacial score (nSPS) is 19.4. The van der Waals surface area contributed by atoms with Crippen LogP contribution in [-0.4, -0.2) is 67.0 Å². The number of imide groups is 1. The van der Waals surface area contributed by atoms with Gasteiger partial charge < -0.3 is 19.7 Å². The molecular formula is C22H29N3O6. The maximum absolute atomic E-state index is 12.7. The number of nitrogens with one attached hydrogen (secondary N) is 1. The van der Waals surface area contributed by atoms with Crippen molar-refractivity contribution in [1.29, 1.82) is 0 Å². The predicted octanol–water partition coefficient (Wildman–Crippen LogP) is 1.70. The summed E-state index contributed by atoms with van der Waals surface area (Å²) in [4.78, 5) is 51.9. The van der Waals surface area contributed by atoms with Crippen LogP contribution in [0.2, 0.25) is 0 Å². The van der Waals surface area contributed by atoms with E-state index < -0.39 is 12.1 Å². The van der Waals surface area contributed by atoms with E-state index in [0.717, 1.165) is 23.3 Å². The number of para-hydroxylation sites is 1. The van der Waals surface area contributed by atoms with Crippen LogP contribution in [0, 0.1) is 5.92 Å². The Morgan fingerprint density at radius 1 is 1.13 bits per heavy atom. The molecule has 0 radical (unpaired) electrons. The number of methoxy groups -OCH3 is 2. The summed E-state index contributed by atoms with van der Waals surface area (Å²) in [6.45, 7) is 1.30. The van der Waals surface area contributed by atoms with Gasteiger partial charge in [-0.05, 0) is 31.2 Å². The number of ether oxygens (including phenoxy) is 2. The van der Waals surface area contributed by atoms with E-state index in [2.05, 4.69) is 5.32 Å². The molecule has 2 aliphatic rings. The van der Waals surface area contributed by atoms with Gasteiger partial charge in [0.1, 0.15) is 11.8 Å². The van der Waals surface area contributed by atoms with Gasteiger partial charge in [-0.2, -0.15) is 0 Å². The minimum atomic E-state index is -0.706. The average Bonchev–Trinajstić information content (AvgIpc) is 3.05. The molecule has 4 amide bonds. The summed E-state index contributed by atoms with van der Waals surface area (Å²) < 4.78 is 9.99. The molecule has 0 saturated carbocycles. The first-order chi connectivity index (χ1) is 14.9. The SMILES string of the molecule is COC(=O)CC1CCN(C(=O)CC[C@H]2NC(=O)N(Cc3ccccc3OC)C2=O)CC1. The van der Waals surface area contributed by atoms with Gasteiger partial charge in [0.15, 0.2) is 0 Å². The summed E-state index contributed by atoms with van der Waals surface area (Å²) in [7, 11) is 2.92. The minimum Gasteiger partial charge on any atom is -0.496 e. The van der Waals surface area contributed by atoms with Gasteiger partial charge in [0.05, 0.1) is 20.8 Å². The molecule has 0 spiro atoms. The number of carbonyl (C=O) groups excluding carboxylic acids is 4. The van der Waals surface area contributed by atoms with Crippen molar-refractivity contribution in [3.63, 3.8) is 0 Å². The monoisotopic (exact) mass is 431 g/mol. The number of amides is 4. The second-order valence-corrected chi connectivity index (χ2v) is 7.88. The van der Waals surface area contributed by atoms with Crippen molar-refractivity contribution in [3.05, 3.63) is 29.8 Å². The first kappa shape index (κ1) is 22.6. The number of urea groups is 1. The molecule has 2 heterocycles. The Bertz CT molecular complexity index is 834. The lowest BCUT2D eigenvalue weighted by Gasteiger charge is -2.31. The van der Waals surface area contributed by atoms with Crippen molar-refractivity contribution in [1.82, 2.24) is 15.1 Å². The zero-order valence-electron chi connectivity index (χ0n) is 18.0. The van der Waals surface area contributed by atoms with Gasteiger partial charge in [0.25, 0.3) is 5.91 Å². The number of rotatable bonds is 8. The molecular weight excluding hydrogens is 402 g/mol. The van der Waals surface area contributed by atoms with Crippen LogP contribution in [0.25, 0.3) is 0 Å². The topological polar surface area (TPSA) is 105 Å². The van der Waals surface area contributed by atoms with Gasteiger partial charge in [-0.25, -0.2) is 4.79 Å². The second-order valence-electron chi connectivity index (χ2n) is 7.88. The van der Waals surface area contributed by atoms with Crippen molar-refractivity contribution in [3.8, 4) is 5.75 Å². The molecule has 2 fully saturated rings. The number of likely N-dealkylation sites (tertiary alicyclic amines) is 1. The molecule has 1 atom stereocenters. The highest BCUT2D eigenvalue weighted by Crippen LogP contribution is 2.24. The lowest BCUT2D eigenvalue weighted by Crippen LogP contribution is -2.40. The molecule has 3 rings (SSSR count). The summed E-state index contributed by atoms with van der Waals surface area (Å²) >= 11 is 0. The molecule has 9 heteroatoms. The highest BCUT2D eigenvalue weighted by Gasteiger charge is 2.38. The van der Waals surface area contributed by atoms with E-state index in [-0.39, 0.29) is 43.1 Å². The molecule has 9 nitrogen and oxygen atoms in total. The van der Waals surface area contributed by atoms with Crippen LogP contribution < -0.4 is 10.1 Å². The number of piperidine rings is 1. The van der Waals surface area contributed by atoms with Gasteiger partial charge in [-0.1, -0.05) is 18.2 Å². The number of carbonyl (C=O) groups is 4. The molecule has 0 aliphatic carbocycles. The van der Waals surface area contributed by atoms with Crippen LogP contribution in [0.5, 0.6) is 5.75 Å². The Morgan fingerprint density at radius 2 is 1.84 bits per heavy atom. The standard InChI is InChI=1S/C22H29N3O6/c1-30-18-6-4-3-5-16(18)14-25-21(28)17(23-22(25)29)7-8-19(26)24-11-9-15(10-12-24)13-20(27)31-2/h3-6,15,17H,7-14H2,1-2H3,(H,23,29)/t17-/m1/s1. The first-order valence-corrected chi connectivity index (χ1v) is 10.5. The largest absolute Gasteiger partial charge is 0.496 e. The van der Waals surface area contributed by atoms with Crippen molar-refractivity contribution in [2.45, 2.75) is 44.7 Å². The minimum absolute atomic E-state index is 0.0401. The van der Waals surface area contributed by atoms with E-state index in [9.17, 15) is 19.2 Å². The summed E-state index contributed by atoms with van der Waals surface area (Å²) in [6, 6.07) is 6.06. The lowest BCUT2D eigenvalue weighted by atomic mass is 9.93. The van der Waals surface area contributed by atoms with Crippen LogP contribution in [0.15, 0.2) is 24.3 Å². The van der Waals surface area contributed by atoms with E-state index in [1.54, 1.807) is 17.0 Å². The first-order valence-electron chi connectivity index (χ1n) is 10.5. The quantitative estimate of drug-likeness (QED) is 0.496. The number of hydrogen-bond donors (Lipinski definition) is 1. The number of hydrogen-bond acceptors (Lipinski definition) is 6. The van der Waals surface area contributed by atoms with Crippen LogP contribution >= 0.6 is 0 Å². The fraction of sp³-hybridized carbons (Fsp3) is 0.545. The molecule has 1 N–H and O–H groups in total. The average molecular weight is 431 g/mol. The third-order valence-electron chi connectivity index (χ3n) is 5.93. The van der Waals surface area contributed by atoms with E-state index >= 15 is 0 Å². The maximum atomic E-state index is 12.7. The van der Waals surface area contributed by atoms with E-state index in [1.165, 1.54) is 14.2 Å². The lowest BCUT2D eigenvalue weighted by molar-refractivity contribution is -0.142. The molecule has 1 aromatic carbocycles. The van der Waals surface area contributed by atoms with Crippen LogP contribution in [-0.2, 0) is 25.7 Å². The van der Waals surface area contributed by atoms with Crippen molar-refractivity contribution in [2.24, 2.45) is 5.92 Å². The molecule has 31 heavy (non-hydrogen) atoms. The smallest absolute Gasteiger partial charge is 0.325 e. The van der Waals surface area contributed by atoms with Crippen molar-refractivity contribution < 1.29 is 28.7 Å². The van der Waals surface area contributed by atoms with E-state index in [4.69, 9.17) is 9.47 Å². The Hall–Kier alpha value is -3.10. The van der Waals surface area contributed by atoms with Gasteiger partial charge in [-0.15, -0.1) is 0 Å². The van der Waals surface area contributed by atoms with Gasteiger partial charge in [0.2, 0.25) is 5.91 Å². The summed E-state index contributed by atoms with van der Waals surface area (Å²) in [5.74, 6) is 0.244. The molecule has 2 saturated heterocycles. The summed E-state index contributed by atoms with van der Waals surface area (Å²) in [5, 5.41) is 2.68. The summed E-state index contributed by atoms with van der Waals surface area (Å²) in [5.41, 5.74) is 0.736. The molecule has 0 aromatic heterocycles. The Labute approximate surface area is 181 Å². The van der Waals surface area contributed by atoms with Crippen LogP contribution in [0.4, 0.5) is 4.79 Å². The second kappa shape index (κ2) is 10.3. The van der Waals surface area contributed by atoms with Crippen molar-refractivity contribution >= 4 is 23.8 Å². The molecule has 0 bridgehead atoms. The van der Waals surface area contributed by atoms with E-state index in [1.807, 2.05) is 12.1 Å². The van der Waals surface area contributed by atoms with E-state index in [0.29, 0.717) is 25.3 Å². The van der Waals surface area contributed by atoms with Crippen LogP contribution in [0.1, 0.15) is 37.7 Å². The Balaban J connectivity index is 1.48. The summed E-state index contributed by atoms with van der Waals surface area (Å²) in [6.07, 6.45) is 2.33. The highest BCUT2D eigenvalue weighted by atomic mass is 16.5.